The number of nitrogens with two attached hydrogens (primary N) is 1. The molecule has 0 saturated heterocycles. The van der Waals surface area contributed by atoms with Crippen LogP contribution >= 0.6 is 11.6 Å². The number of hydrogen-bond acceptors (Lipinski definition) is 23. The predicted molar refractivity (Wildman–Crippen MR) is 367 cm³/mol. The molecule has 0 fully saturated rings. The Kier molecular flexibility index (Phi) is 30.4. The van der Waals surface area contributed by atoms with E-state index in [1.165, 1.54) is 36.8 Å². The van der Waals surface area contributed by atoms with Gasteiger partial charge in [-0.2, -0.15) is 97.8 Å². The van der Waals surface area contributed by atoms with Crippen LogP contribution in [0.4, 0.5) is 76.5 Å². The van der Waals surface area contributed by atoms with Gasteiger partial charge in [0.15, 0.2) is 17.4 Å². The number of halogens is 13. The summed E-state index contributed by atoms with van der Waals surface area (Å²) in [6.45, 7) is 1.97. The second-order valence-electron chi connectivity index (χ2n) is 22.5. The summed E-state index contributed by atoms with van der Waals surface area (Å²) in [6.07, 6.45) is -11.0. The van der Waals surface area contributed by atoms with Gasteiger partial charge in [0, 0.05) is 25.7 Å². The number of hydrogen-bond donors (Lipinski definition) is 5. The summed E-state index contributed by atoms with van der Waals surface area (Å²) < 4.78 is 175. The molecule has 0 radical (unpaired) electrons. The van der Waals surface area contributed by atoms with Gasteiger partial charge in [0.2, 0.25) is 34.9 Å². The van der Waals surface area contributed by atoms with Crippen molar-refractivity contribution in [2.24, 2.45) is 5.73 Å². The number of alkyl halides is 12. The van der Waals surface area contributed by atoms with E-state index in [0.717, 1.165) is 48.5 Å². The number of nitriles is 1. The van der Waals surface area contributed by atoms with Crippen molar-refractivity contribution in [1.82, 2.24) is 64.7 Å². The first kappa shape index (κ1) is 83.5. The summed E-state index contributed by atoms with van der Waals surface area (Å²) in [6, 6.07) is 36.1. The first-order chi connectivity index (χ1) is 50.1. The van der Waals surface area contributed by atoms with Gasteiger partial charge in [0.25, 0.3) is 0 Å². The molecule has 4 aromatic carbocycles. The zero-order chi connectivity index (χ0) is 75.2. The maximum absolute atomic E-state index is 12.9. The molecule has 23 nitrogen and oxygen atoms in total. The summed E-state index contributed by atoms with van der Waals surface area (Å²) in [5.41, 5.74) is 4.47. The van der Waals surface area contributed by atoms with Crippen LogP contribution < -0.4 is 45.9 Å². The molecule has 38 heteroatoms. The van der Waals surface area contributed by atoms with Gasteiger partial charge in [-0.15, -0.1) is 0 Å². The van der Waals surface area contributed by atoms with Crippen molar-refractivity contribution in [3.8, 4) is 6.07 Å². The number of benzene rings is 4. The quantitative estimate of drug-likeness (QED) is 0.0293. The molecular formula is C69H64AlClF12LiN19O4. The SMILES string of the molecule is CN(C)Cc1nc(Cc2cccc(C(F)(F)F)c2)nc(NCc2ccco2)n1.FC(F)(F)c1cccc(Cc2nc(Cl)nc(NCc3ccco3)n2)c1.N#Cc1nc(Cc2cccc(C(F)(F)F)c2)nc(NCc2ccco2)n1.NCc1nc(Cc2cccc(C(F)(F)F)c2)nc(NCc2ccco2)n1.[AlH3].[H-].[Li+]. The third kappa shape index (κ3) is 27.6. The van der Waals surface area contributed by atoms with Crippen LogP contribution in [0, 0.1) is 11.3 Å². The van der Waals surface area contributed by atoms with Gasteiger partial charge < -0.3 is 51.0 Å². The smallest absolute Gasteiger partial charge is 1.00 e. The van der Waals surface area contributed by atoms with E-state index >= 15 is 0 Å². The molecule has 554 valence electrons. The second-order valence-corrected chi connectivity index (χ2v) is 22.8. The van der Waals surface area contributed by atoms with E-state index in [2.05, 4.69) is 81.1 Å². The summed E-state index contributed by atoms with van der Waals surface area (Å²) in [5.74, 6) is 5.69. The van der Waals surface area contributed by atoms with Crippen molar-refractivity contribution in [3.05, 3.63) is 284 Å². The van der Waals surface area contributed by atoms with Crippen LogP contribution in [-0.4, -0.2) is 96.2 Å². The van der Waals surface area contributed by atoms with Gasteiger partial charge in [-0.05, 0) is 121 Å². The maximum Gasteiger partial charge on any atom is 1.00 e. The van der Waals surface area contributed by atoms with Crippen LogP contribution in [0.1, 0.15) is 110 Å². The van der Waals surface area contributed by atoms with Gasteiger partial charge in [0.1, 0.15) is 64.1 Å². The molecule has 107 heavy (non-hydrogen) atoms. The number of anilines is 4. The zero-order valence-corrected chi connectivity index (χ0v) is 56.9. The Labute approximate surface area is 631 Å². The van der Waals surface area contributed by atoms with Crippen LogP contribution in [0.25, 0.3) is 0 Å². The van der Waals surface area contributed by atoms with Crippen molar-refractivity contribution in [3.63, 3.8) is 0 Å². The van der Waals surface area contributed by atoms with Crippen molar-refractivity contribution >= 4 is 52.8 Å². The summed E-state index contributed by atoms with van der Waals surface area (Å²) in [5, 5.41) is 20.9. The van der Waals surface area contributed by atoms with Crippen LogP contribution in [0.3, 0.4) is 0 Å². The number of furan rings is 4. The monoisotopic (exact) mass is 1520 g/mol. The minimum absolute atomic E-state index is 0. The first-order valence-corrected chi connectivity index (χ1v) is 31.5. The molecule has 0 aliphatic rings. The first-order valence-electron chi connectivity index (χ1n) is 31.1. The fourth-order valence-corrected chi connectivity index (χ4v) is 9.53. The van der Waals surface area contributed by atoms with Crippen molar-refractivity contribution in [2.75, 3.05) is 35.4 Å². The van der Waals surface area contributed by atoms with Crippen LogP contribution in [-0.2, 0) is 89.7 Å². The molecule has 12 aromatic rings. The van der Waals surface area contributed by atoms with Crippen LogP contribution in [0.15, 0.2) is 188 Å². The van der Waals surface area contributed by atoms with E-state index in [4.69, 9.17) is 40.3 Å². The maximum atomic E-state index is 12.9. The molecule has 0 spiro atoms. The molecule has 0 unspecified atom stereocenters. The average molecular weight is 1520 g/mol. The predicted octanol–water partition coefficient (Wildman–Crippen LogP) is 10.7. The van der Waals surface area contributed by atoms with Gasteiger partial charge in [-0.25, -0.2) is 19.9 Å². The summed E-state index contributed by atoms with van der Waals surface area (Å²) in [7, 11) is 3.76. The van der Waals surface area contributed by atoms with Crippen LogP contribution in [0.5, 0.6) is 0 Å². The van der Waals surface area contributed by atoms with Crippen molar-refractivity contribution in [2.45, 2.75) is 89.7 Å². The summed E-state index contributed by atoms with van der Waals surface area (Å²) in [4.78, 5) is 51.8. The van der Waals surface area contributed by atoms with Gasteiger partial charge in [0.05, 0.1) is 86.6 Å². The fraction of sp³-hybridized carbons (Fsp3) is 0.232. The van der Waals surface area contributed by atoms with Crippen molar-refractivity contribution in [1.29, 1.82) is 5.26 Å². The zero-order valence-electron chi connectivity index (χ0n) is 57.1. The normalized spacial score (nSPS) is 11.3. The number of aromatic nitrogens is 12. The molecule has 0 aliphatic heterocycles. The average Bonchev–Trinajstić information content (AvgIpc) is 0.959. The molecule has 6 N–H and O–H groups in total. The topological polar surface area (TPSA) is 308 Å². The Bertz CT molecular complexity index is 4780. The molecule has 0 atom stereocenters. The fourth-order valence-electron chi connectivity index (χ4n) is 9.35. The number of nitrogens with one attached hydrogen (secondary N) is 4. The Morgan fingerprint density at radius 3 is 0.991 bits per heavy atom. The molecule has 8 aromatic heterocycles. The largest absolute Gasteiger partial charge is 1.00 e. The van der Waals surface area contributed by atoms with E-state index < -0.39 is 47.0 Å². The molecular weight excluding hydrogens is 1460 g/mol. The van der Waals surface area contributed by atoms with E-state index in [0.29, 0.717) is 113 Å². The van der Waals surface area contributed by atoms with E-state index in [-0.39, 0.29) is 105 Å². The van der Waals surface area contributed by atoms with Gasteiger partial charge >= 0.3 is 43.6 Å². The second kappa shape index (κ2) is 39.0. The van der Waals surface area contributed by atoms with Crippen molar-refractivity contribution < 1.29 is 90.6 Å². The Morgan fingerprint density at radius 1 is 0.402 bits per heavy atom. The molecule has 8 heterocycles. The third-order valence-corrected chi connectivity index (χ3v) is 14.2. The third-order valence-electron chi connectivity index (χ3n) is 14.0. The number of rotatable bonds is 23. The molecule has 0 aliphatic carbocycles. The Balaban J connectivity index is 0.000000223. The molecule has 12 rings (SSSR count). The molecule has 0 bridgehead atoms. The summed E-state index contributed by atoms with van der Waals surface area (Å²) >= 11 is 5.88. The minimum atomic E-state index is -4.43. The van der Waals surface area contributed by atoms with E-state index in [1.807, 2.05) is 31.1 Å². The number of nitrogens with zero attached hydrogens (tertiary/aromatic N) is 14. The minimum Gasteiger partial charge on any atom is -1.00 e. The Hall–Kier alpha value is -10.8. The molecule has 0 saturated carbocycles. The molecule has 0 amide bonds. The Morgan fingerprint density at radius 2 is 0.692 bits per heavy atom. The van der Waals surface area contributed by atoms with E-state index in [9.17, 15) is 52.7 Å². The van der Waals surface area contributed by atoms with E-state index in [1.54, 1.807) is 79.3 Å². The standard InChI is InChI=1S/C19H20F3N5O.C17H16F3N5O.C17H12F3N5O.C16H12ClF3N4O.Al.Li.4H/c1-27(2)12-17-24-16(10-13-5-3-6-14(9-13)19(20,21)22)25-18(26-17)23-11-15-7-4-8-28-15;2*18-17(19,20)12-4-1-3-11(7-12)8-14-23-15(9-21)25-16(24-14)22-10-13-5-2-6-26-13;17-14-22-13(8-10-3-1-4-11(7-10)16(18,19)20)23-15(24-14)21-9-12-5-2-6-25-12;;;;;;/h3-9H,10-12H2,1-2H3,(H,23,24,25,26);1-7H,8-10,21H2,(H,22,23,24,25);1-7H,8,10H2,(H,22,23,24,25);1-7H,8-9H2,(H,21,22,23,24);;;;;;/q;;;;;+1;;;;-1. The van der Waals surface area contributed by atoms with Gasteiger partial charge in [-0.3, -0.25) is 0 Å². The van der Waals surface area contributed by atoms with Crippen LogP contribution in [0.2, 0.25) is 5.28 Å². The van der Waals surface area contributed by atoms with Gasteiger partial charge in [-0.1, -0.05) is 72.8 Å².